The lowest BCUT2D eigenvalue weighted by atomic mass is 10.2. The van der Waals surface area contributed by atoms with Crippen molar-refractivity contribution in [3.05, 3.63) is 60.2 Å². The van der Waals surface area contributed by atoms with E-state index in [-0.39, 0.29) is 29.7 Å². The Hall–Kier alpha value is -2.71. The molecule has 1 fully saturated rings. The van der Waals surface area contributed by atoms with Gasteiger partial charge in [-0.25, -0.2) is 8.42 Å². The van der Waals surface area contributed by atoms with Crippen molar-refractivity contribution in [3.8, 4) is 0 Å². The lowest BCUT2D eigenvalue weighted by Crippen LogP contribution is -2.35. The fourth-order valence-electron chi connectivity index (χ4n) is 3.17. The molecule has 2 aromatic carbocycles. The second kappa shape index (κ2) is 9.67. The van der Waals surface area contributed by atoms with Crippen molar-refractivity contribution in [1.82, 2.24) is 9.62 Å². The Labute approximate surface area is 171 Å². The predicted octanol–water partition coefficient (Wildman–Crippen LogP) is 2.62. The fourth-order valence-corrected chi connectivity index (χ4v) is 4.69. The summed E-state index contributed by atoms with van der Waals surface area (Å²) in [5, 5.41) is 5.41. The van der Waals surface area contributed by atoms with Crippen LogP contribution in [0.15, 0.2) is 59.5 Å². The summed E-state index contributed by atoms with van der Waals surface area (Å²) in [6.45, 7) is 1.31. The number of nitrogens with one attached hydrogen (secondary N) is 2. The van der Waals surface area contributed by atoms with Crippen molar-refractivity contribution < 1.29 is 18.0 Å². The van der Waals surface area contributed by atoms with E-state index in [4.69, 9.17) is 0 Å². The number of anilines is 1. The monoisotopic (exact) mass is 415 g/mol. The van der Waals surface area contributed by atoms with Crippen LogP contribution in [0, 0.1) is 0 Å². The van der Waals surface area contributed by atoms with E-state index in [1.54, 1.807) is 36.4 Å². The second-order valence-electron chi connectivity index (χ2n) is 6.91. The number of nitrogens with zero attached hydrogens (tertiary/aromatic N) is 1. The van der Waals surface area contributed by atoms with Crippen molar-refractivity contribution in [2.75, 3.05) is 25.0 Å². The number of rotatable bonds is 7. The summed E-state index contributed by atoms with van der Waals surface area (Å²) in [5.41, 5.74) is 1.06. The van der Waals surface area contributed by atoms with Crippen molar-refractivity contribution in [2.24, 2.45) is 0 Å². The second-order valence-corrected chi connectivity index (χ2v) is 8.85. The van der Waals surface area contributed by atoms with Gasteiger partial charge in [-0.1, -0.05) is 24.6 Å². The number of carbonyl (C=O) groups is 2. The van der Waals surface area contributed by atoms with E-state index in [1.165, 1.54) is 16.4 Å². The Bertz CT molecular complexity index is 938. The molecule has 29 heavy (non-hydrogen) atoms. The first-order valence-electron chi connectivity index (χ1n) is 9.70. The molecule has 3 rings (SSSR count). The molecular formula is C21H25N3O4S. The molecule has 0 unspecified atom stereocenters. The van der Waals surface area contributed by atoms with Crippen LogP contribution in [-0.4, -0.2) is 44.2 Å². The zero-order valence-electron chi connectivity index (χ0n) is 16.1. The van der Waals surface area contributed by atoms with E-state index in [9.17, 15) is 18.0 Å². The maximum absolute atomic E-state index is 12.6. The fraction of sp³-hybridized carbons (Fsp3) is 0.333. The summed E-state index contributed by atoms with van der Waals surface area (Å²) in [4.78, 5) is 24.2. The molecule has 0 radical (unpaired) electrons. The Morgan fingerprint density at radius 2 is 1.55 bits per heavy atom. The Morgan fingerprint density at radius 1 is 0.897 bits per heavy atom. The van der Waals surface area contributed by atoms with Crippen LogP contribution < -0.4 is 10.6 Å². The standard InChI is InChI=1S/C21H25N3O4S/c25-20(13-14-22-21(26)17-7-3-1-4-8-17)23-18-9-11-19(12-10-18)29(27,28)24-15-5-2-6-16-24/h1,3-4,7-12H,2,5-6,13-16H2,(H,22,26)(H,23,25). The van der Waals surface area contributed by atoms with Gasteiger partial charge in [0.25, 0.3) is 5.91 Å². The van der Waals surface area contributed by atoms with Gasteiger partial charge in [-0.2, -0.15) is 4.31 Å². The molecule has 1 aliphatic rings. The third-order valence-electron chi connectivity index (χ3n) is 4.76. The molecule has 1 saturated heterocycles. The highest BCUT2D eigenvalue weighted by molar-refractivity contribution is 7.89. The maximum Gasteiger partial charge on any atom is 0.251 e. The van der Waals surface area contributed by atoms with Crippen LogP contribution in [0.1, 0.15) is 36.0 Å². The summed E-state index contributed by atoms with van der Waals surface area (Å²) in [6.07, 6.45) is 2.94. The highest BCUT2D eigenvalue weighted by Crippen LogP contribution is 2.22. The molecule has 2 aromatic rings. The first kappa shape index (κ1) is 21.0. The van der Waals surface area contributed by atoms with Gasteiger partial charge < -0.3 is 10.6 Å². The minimum Gasteiger partial charge on any atom is -0.352 e. The third kappa shape index (κ3) is 5.65. The number of piperidine rings is 1. The molecule has 154 valence electrons. The first-order valence-corrected chi connectivity index (χ1v) is 11.1. The zero-order valence-corrected chi connectivity index (χ0v) is 17.0. The SMILES string of the molecule is O=C(CCNC(=O)c1ccccc1)Nc1ccc(S(=O)(=O)N2CCCCC2)cc1. The first-order chi connectivity index (χ1) is 14.0. The van der Waals surface area contributed by atoms with Crippen LogP contribution in [0.25, 0.3) is 0 Å². The van der Waals surface area contributed by atoms with Crippen LogP contribution in [0.4, 0.5) is 5.69 Å². The number of sulfonamides is 1. The average Bonchev–Trinajstić information content (AvgIpc) is 2.75. The van der Waals surface area contributed by atoms with Gasteiger partial charge in [-0.15, -0.1) is 0 Å². The van der Waals surface area contributed by atoms with E-state index in [2.05, 4.69) is 10.6 Å². The van der Waals surface area contributed by atoms with E-state index in [0.29, 0.717) is 24.3 Å². The molecule has 1 aliphatic heterocycles. The molecule has 0 aliphatic carbocycles. The molecular weight excluding hydrogens is 390 g/mol. The van der Waals surface area contributed by atoms with E-state index in [0.717, 1.165) is 19.3 Å². The van der Waals surface area contributed by atoms with Gasteiger partial charge in [0.2, 0.25) is 15.9 Å². The summed E-state index contributed by atoms with van der Waals surface area (Å²) in [6, 6.07) is 15.0. The molecule has 1 heterocycles. The molecule has 0 atom stereocenters. The summed E-state index contributed by atoms with van der Waals surface area (Å²) in [7, 11) is -3.48. The predicted molar refractivity (Wildman–Crippen MR) is 111 cm³/mol. The largest absolute Gasteiger partial charge is 0.352 e. The van der Waals surface area contributed by atoms with Crippen LogP contribution in [0.3, 0.4) is 0 Å². The average molecular weight is 416 g/mol. The molecule has 2 N–H and O–H groups in total. The quantitative estimate of drug-likeness (QED) is 0.727. The van der Waals surface area contributed by atoms with Gasteiger partial charge in [0, 0.05) is 37.3 Å². The summed E-state index contributed by atoms with van der Waals surface area (Å²) < 4.78 is 26.8. The molecule has 0 bridgehead atoms. The Morgan fingerprint density at radius 3 is 2.21 bits per heavy atom. The zero-order chi connectivity index (χ0) is 20.7. The van der Waals surface area contributed by atoms with Crippen molar-refractivity contribution >= 4 is 27.5 Å². The van der Waals surface area contributed by atoms with Gasteiger partial charge >= 0.3 is 0 Å². The summed E-state index contributed by atoms with van der Waals surface area (Å²) in [5.74, 6) is -0.490. The summed E-state index contributed by atoms with van der Waals surface area (Å²) >= 11 is 0. The lowest BCUT2D eigenvalue weighted by Gasteiger charge is -2.25. The number of hydrogen-bond acceptors (Lipinski definition) is 4. The number of amides is 2. The van der Waals surface area contributed by atoms with Crippen molar-refractivity contribution in [1.29, 1.82) is 0 Å². The van der Waals surface area contributed by atoms with E-state index in [1.807, 2.05) is 6.07 Å². The highest BCUT2D eigenvalue weighted by atomic mass is 32.2. The number of benzene rings is 2. The van der Waals surface area contributed by atoms with E-state index >= 15 is 0 Å². The number of carbonyl (C=O) groups excluding carboxylic acids is 2. The smallest absolute Gasteiger partial charge is 0.251 e. The lowest BCUT2D eigenvalue weighted by molar-refractivity contribution is -0.116. The minimum absolute atomic E-state index is 0.117. The van der Waals surface area contributed by atoms with Crippen LogP contribution >= 0.6 is 0 Å². The number of hydrogen-bond donors (Lipinski definition) is 2. The van der Waals surface area contributed by atoms with Crippen LogP contribution in [-0.2, 0) is 14.8 Å². The van der Waals surface area contributed by atoms with Crippen LogP contribution in [0.5, 0.6) is 0 Å². The topological polar surface area (TPSA) is 95.6 Å². The molecule has 2 amide bonds. The van der Waals surface area contributed by atoms with Gasteiger partial charge in [-0.05, 0) is 49.2 Å². The minimum atomic E-state index is -3.48. The molecule has 0 aromatic heterocycles. The van der Waals surface area contributed by atoms with Crippen molar-refractivity contribution in [2.45, 2.75) is 30.6 Å². The Kier molecular flexibility index (Phi) is 7.00. The van der Waals surface area contributed by atoms with Gasteiger partial charge in [0.05, 0.1) is 4.90 Å². The molecule has 8 heteroatoms. The normalized spacial score (nSPS) is 14.9. The molecule has 0 spiro atoms. The molecule has 7 nitrogen and oxygen atoms in total. The van der Waals surface area contributed by atoms with E-state index < -0.39 is 10.0 Å². The van der Waals surface area contributed by atoms with Gasteiger partial charge in [0.1, 0.15) is 0 Å². The third-order valence-corrected chi connectivity index (χ3v) is 6.68. The highest BCUT2D eigenvalue weighted by Gasteiger charge is 2.25. The van der Waals surface area contributed by atoms with Gasteiger partial charge in [0.15, 0.2) is 0 Å². The van der Waals surface area contributed by atoms with Crippen LogP contribution in [0.2, 0.25) is 0 Å². The van der Waals surface area contributed by atoms with Gasteiger partial charge in [-0.3, -0.25) is 9.59 Å². The Balaban J connectivity index is 1.49. The molecule has 0 saturated carbocycles. The maximum atomic E-state index is 12.6. The van der Waals surface area contributed by atoms with Crippen molar-refractivity contribution in [3.63, 3.8) is 0 Å².